The highest BCUT2D eigenvalue weighted by Gasteiger charge is 2.41. The van der Waals surface area contributed by atoms with Crippen molar-refractivity contribution in [2.45, 2.75) is 24.0 Å². The Morgan fingerprint density at radius 3 is 2.20 bits per heavy atom. The number of benzene rings is 4. The molecule has 2 N–H and O–H groups in total. The van der Waals surface area contributed by atoms with Gasteiger partial charge in [-0.2, -0.15) is 13.2 Å². The van der Waals surface area contributed by atoms with E-state index in [1.54, 1.807) is 24.3 Å². The molecule has 1 aliphatic heterocycles. The average molecular weight is 635 g/mol. The third-order valence-electron chi connectivity index (χ3n) is 7.15. The zero-order valence-corrected chi connectivity index (χ0v) is 24.3. The van der Waals surface area contributed by atoms with Crippen LogP contribution in [0.25, 0.3) is 17.2 Å². The molecule has 5 rings (SSSR count). The summed E-state index contributed by atoms with van der Waals surface area (Å²) in [6.45, 7) is 0. The van der Waals surface area contributed by atoms with Crippen LogP contribution < -0.4 is 5.32 Å². The van der Waals surface area contributed by atoms with Gasteiger partial charge in [0.05, 0.1) is 18.0 Å². The molecule has 0 bridgehead atoms. The van der Waals surface area contributed by atoms with Crippen molar-refractivity contribution < 1.29 is 37.1 Å². The maximum atomic E-state index is 14.2. The second kappa shape index (κ2) is 13.4. The van der Waals surface area contributed by atoms with Crippen LogP contribution in [0.2, 0.25) is 0 Å². The van der Waals surface area contributed by atoms with Gasteiger partial charge in [0.15, 0.2) is 0 Å². The molecule has 230 valence electrons. The van der Waals surface area contributed by atoms with Crippen LogP contribution in [0.15, 0.2) is 109 Å². The Hall–Kier alpha value is -4.90. The van der Waals surface area contributed by atoms with Crippen molar-refractivity contribution in [2.24, 2.45) is 0 Å². The minimum absolute atomic E-state index is 0.00660. The van der Waals surface area contributed by atoms with E-state index in [9.17, 15) is 37.1 Å². The molecule has 1 aliphatic rings. The van der Waals surface area contributed by atoms with Gasteiger partial charge < -0.3 is 15.3 Å². The van der Waals surface area contributed by atoms with Crippen molar-refractivity contribution in [3.63, 3.8) is 0 Å². The van der Waals surface area contributed by atoms with Crippen LogP contribution in [0.1, 0.15) is 38.8 Å². The molecule has 2 amide bonds. The molecule has 1 saturated heterocycles. The number of nitrogens with zero attached hydrogens (tertiary/aromatic N) is 1. The molecule has 0 saturated carbocycles. The fourth-order valence-electron chi connectivity index (χ4n) is 4.97. The molecule has 1 fully saturated rings. The second-order valence-electron chi connectivity index (χ2n) is 10.3. The van der Waals surface area contributed by atoms with E-state index in [1.165, 1.54) is 53.1 Å². The Bertz CT molecular complexity index is 1730. The number of rotatable bonds is 8. The van der Waals surface area contributed by atoms with Gasteiger partial charge in [-0.05, 0) is 64.7 Å². The summed E-state index contributed by atoms with van der Waals surface area (Å²) in [5.74, 6) is -2.93. The number of amides is 2. The zero-order chi connectivity index (χ0) is 32.1. The molecule has 0 aromatic heterocycles. The van der Waals surface area contributed by atoms with Gasteiger partial charge in [-0.3, -0.25) is 14.4 Å². The van der Waals surface area contributed by atoms with Crippen molar-refractivity contribution in [2.75, 3.05) is 5.75 Å². The minimum Gasteiger partial charge on any atom is -0.481 e. The lowest BCUT2D eigenvalue weighted by Gasteiger charge is -2.30. The summed E-state index contributed by atoms with van der Waals surface area (Å²) in [6.07, 6.45) is -3.93. The molecule has 0 spiro atoms. The number of carboxylic acid groups (broad SMARTS) is 1. The van der Waals surface area contributed by atoms with E-state index in [4.69, 9.17) is 0 Å². The van der Waals surface area contributed by atoms with E-state index in [2.05, 4.69) is 5.32 Å². The zero-order valence-electron chi connectivity index (χ0n) is 23.5. The van der Waals surface area contributed by atoms with Crippen LogP contribution in [-0.2, 0) is 15.8 Å². The van der Waals surface area contributed by atoms with Crippen LogP contribution in [0.3, 0.4) is 0 Å². The fraction of sp³-hybridized carbons (Fsp3) is 0.147. The number of hydrogen-bond donors (Lipinski definition) is 2. The number of hydrogen-bond acceptors (Lipinski definition) is 4. The lowest BCUT2D eigenvalue weighted by atomic mass is 10.0. The van der Waals surface area contributed by atoms with Crippen LogP contribution in [0.4, 0.5) is 17.6 Å². The maximum absolute atomic E-state index is 14.2. The third-order valence-corrected chi connectivity index (χ3v) is 8.54. The quantitative estimate of drug-likeness (QED) is 0.156. The van der Waals surface area contributed by atoms with Gasteiger partial charge in [0, 0.05) is 11.3 Å². The van der Waals surface area contributed by atoms with Crippen LogP contribution in [0, 0.1) is 5.82 Å². The third kappa shape index (κ3) is 7.61. The van der Waals surface area contributed by atoms with Gasteiger partial charge in [0.1, 0.15) is 16.9 Å². The first-order valence-electron chi connectivity index (χ1n) is 13.8. The smallest absolute Gasteiger partial charge is 0.416 e. The average Bonchev–Trinajstić information content (AvgIpc) is 3.43. The summed E-state index contributed by atoms with van der Waals surface area (Å²) in [7, 11) is 0. The van der Waals surface area contributed by atoms with Crippen LogP contribution in [0.5, 0.6) is 0 Å². The molecule has 0 aliphatic carbocycles. The minimum atomic E-state index is -4.65. The summed E-state index contributed by atoms with van der Waals surface area (Å²) in [5, 5.41) is 11.4. The Balaban J connectivity index is 1.52. The molecule has 11 heteroatoms. The predicted molar refractivity (Wildman–Crippen MR) is 163 cm³/mol. The highest BCUT2D eigenvalue weighted by Crippen LogP contribution is 2.43. The summed E-state index contributed by atoms with van der Waals surface area (Å²) in [6, 6.07) is 24.8. The van der Waals surface area contributed by atoms with Gasteiger partial charge in [-0.25, -0.2) is 4.39 Å². The Morgan fingerprint density at radius 2 is 1.56 bits per heavy atom. The number of carbonyl (C=O) groups is 3. The second-order valence-corrected chi connectivity index (χ2v) is 11.4. The molecule has 4 aromatic rings. The normalized spacial score (nSPS) is 16.8. The number of aliphatic carboxylic acids is 1. The van der Waals surface area contributed by atoms with Crippen molar-refractivity contribution in [1.29, 1.82) is 0 Å². The van der Waals surface area contributed by atoms with Gasteiger partial charge in [-0.1, -0.05) is 66.7 Å². The summed E-state index contributed by atoms with van der Waals surface area (Å²) < 4.78 is 54.1. The molecule has 45 heavy (non-hydrogen) atoms. The number of thioether (sulfide) groups is 1. The molecule has 1 heterocycles. The standard InChI is InChI=1S/C34H26F4N2O4S/c35-27-15-13-25(14-16-27)33-40(28(20-45-33)19-30(41)42)32(44)29(18-21-5-4-8-26(17-21)34(36,37)38)39-31(43)24-11-9-23(10-12-24)22-6-2-1-3-7-22/h1-18,28,33H,19-20H2,(H,39,43)(H,41,42)/t28-,33?/m1/s1. The maximum Gasteiger partial charge on any atom is 0.416 e. The summed E-state index contributed by atoms with van der Waals surface area (Å²) in [5.41, 5.74) is 1.16. The van der Waals surface area contributed by atoms with E-state index in [0.717, 1.165) is 29.3 Å². The SMILES string of the molecule is O=C(O)C[C@@H]1CSC(c2ccc(F)cc2)N1C(=O)C(=Cc1cccc(C(F)(F)F)c1)NC(=O)c1ccc(-c2ccccc2)cc1. The Morgan fingerprint density at radius 1 is 0.889 bits per heavy atom. The first kappa shape index (κ1) is 31.5. The summed E-state index contributed by atoms with van der Waals surface area (Å²) >= 11 is 1.26. The van der Waals surface area contributed by atoms with E-state index in [0.29, 0.717) is 5.56 Å². The number of carbonyl (C=O) groups excluding carboxylic acids is 2. The lowest BCUT2D eigenvalue weighted by Crippen LogP contribution is -2.43. The van der Waals surface area contributed by atoms with Gasteiger partial charge in [-0.15, -0.1) is 11.8 Å². The van der Waals surface area contributed by atoms with Gasteiger partial charge >= 0.3 is 12.1 Å². The van der Waals surface area contributed by atoms with Crippen LogP contribution in [-0.4, -0.2) is 39.6 Å². The largest absolute Gasteiger partial charge is 0.481 e. The topological polar surface area (TPSA) is 86.7 Å². The first-order valence-corrected chi connectivity index (χ1v) is 14.8. The number of alkyl halides is 3. The number of nitrogens with one attached hydrogen (secondary N) is 1. The monoisotopic (exact) mass is 634 g/mol. The van der Waals surface area contributed by atoms with Crippen molar-refractivity contribution in [1.82, 2.24) is 10.2 Å². The van der Waals surface area contributed by atoms with Crippen molar-refractivity contribution in [3.8, 4) is 11.1 Å². The van der Waals surface area contributed by atoms with Gasteiger partial charge in [0.2, 0.25) is 0 Å². The molecule has 6 nitrogen and oxygen atoms in total. The Kier molecular flexibility index (Phi) is 9.38. The molecular formula is C34H26F4N2O4S. The van der Waals surface area contributed by atoms with Gasteiger partial charge in [0.25, 0.3) is 11.8 Å². The molecule has 2 atom stereocenters. The first-order chi connectivity index (χ1) is 21.5. The Labute approximate surface area is 260 Å². The van der Waals surface area contributed by atoms with Crippen molar-refractivity contribution >= 4 is 35.6 Å². The van der Waals surface area contributed by atoms with Crippen LogP contribution >= 0.6 is 11.8 Å². The molecule has 4 aromatic carbocycles. The van der Waals surface area contributed by atoms with Crippen molar-refractivity contribution in [3.05, 3.63) is 137 Å². The molecule has 1 unspecified atom stereocenters. The van der Waals surface area contributed by atoms with E-state index in [1.807, 2.05) is 30.3 Å². The molecule has 0 radical (unpaired) electrons. The highest BCUT2D eigenvalue weighted by atomic mass is 32.2. The predicted octanol–water partition coefficient (Wildman–Crippen LogP) is 7.40. The van der Waals surface area contributed by atoms with E-state index >= 15 is 0 Å². The fourth-order valence-corrected chi connectivity index (χ4v) is 6.43. The molecular weight excluding hydrogens is 608 g/mol. The number of halogens is 4. The number of carboxylic acids is 1. The van der Waals surface area contributed by atoms with E-state index in [-0.39, 0.29) is 22.6 Å². The highest BCUT2D eigenvalue weighted by molar-refractivity contribution is 7.99. The van der Waals surface area contributed by atoms with E-state index < -0.39 is 53.2 Å². The lowest BCUT2D eigenvalue weighted by molar-refractivity contribution is -0.140. The summed E-state index contributed by atoms with van der Waals surface area (Å²) in [4.78, 5) is 40.7.